The molecule has 0 radical (unpaired) electrons. The van der Waals surface area contributed by atoms with Crippen LogP contribution in [0.1, 0.15) is 12.5 Å². The van der Waals surface area contributed by atoms with Crippen LogP contribution in [0.4, 0.5) is 5.82 Å². The van der Waals surface area contributed by atoms with E-state index in [9.17, 15) is 4.79 Å². The van der Waals surface area contributed by atoms with Crippen LogP contribution in [0.2, 0.25) is 5.02 Å². The van der Waals surface area contributed by atoms with Crippen molar-refractivity contribution in [3.05, 3.63) is 53.2 Å². The van der Waals surface area contributed by atoms with E-state index in [-0.39, 0.29) is 5.91 Å². The second-order valence-electron chi connectivity index (χ2n) is 4.43. The maximum absolute atomic E-state index is 12.0. The summed E-state index contributed by atoms with van der Waals surface area (Å²) in [5, 5.41) is 3.27. The minimum atomic E-state index is -0.643. The molecule has 2 rings (SSSR count). The highest BCUT2D eigenvalue weighted by atomic mass is 35.5. The number of carbonyl (C=O) groups is 1. The molecule has 2 aromatic rings. The van der Waals surface area contributed by atoms with Crippen molar-refractivity contribution < 1.29 is 9.53 Å². The van der Waals surface area contributed by atoms with Crippen molar-refractivity contribution >= 4 is 23.3 Å². The number of carbonyl (C=O) groups excluding carboxylic acids is 1. The number of amides is 1. The van der Waals surface area contributed by atoms with Crippen molar-refractivity contribution in [3.8, 4) is 5.75 Å². The third kappa shape index (κ3) is 3.96. The largest absolute Gasteiger partial charge is 0.481 e. The molecular weight excluding hydrogens is 276 g/mol. The monoisotopic (exact) mass is 290 g/mol. The van der Waals surface area contributed by atoms with Crippen molar-refractivity contribution in [1.82, 2.24) is 4.98 Å². The lowest BCUT2D eigenvalue weighted by molar-refractivity contribution is -0.122. The number of rotatable bonds is 4. The molecule has 0 saturated carbocycles. The van der Waals surface area contributed by atoms with Gasteiger partial charge in [0, 0.05) is 11.2 Å². The number of benzene rings is 1. The summed E-state index contributed by atoms with van der Waals surface area (Å²) in [4.78, 5) is 16.1. The van der Waals surface area contributed by atoms with Gasteiger partial charge in [0.05, 0.1) is 0 Å². The van der Waals surface area contributed by atoms with Crippen molar-refractivity contribution in [1.29, 1.82) is 0 Å². The normalized spacial score (nSPS) is 11.8. The molecule has 4 nitrogen and oxygen atoms in total. The molecule has 0 aliphatic rings. The molecule has 1 N–H and O–H groups in total. The topological polar surface area (TPSA) is 51.2 Å². The first-order valence-electron chi connectivity index (χ1n) is 6.20. The number of halogens is 1. The van der Waals surface area contributed by atoms with E-state index in [4.69, 9.17) is 16.3 Å². The van der Waals surface area contributed by atoms with Crippen LogP contribution in [0, 0.1) is 6.92 Å². The molecule has 0 aliphatic heterocycles. The molecule has 0 fully saturated rings. The molecule has 1 aromatic carbocycles. The maximum atomic E-state index is 12.0. The molecule has 1 heterocycles. The molecule has 0 spiro atoms. The Hall–Kier alpha value is -2.07. The predicted molar refractivity (Wildman–Crippen MR) is 79.1 cm³/mol. The van der Waals surface area contributed by atoms with Gasteiger partial charge >= 0.3 is 0 Å². The molecule has 104 valence electrons. The number of aromatic nitrogens is 1. The van der Waals surface area contributed by atoms with Gasteiger partial charge in [-0.3, -0.25) is 4.79 Å². The van der Waals surface area contributed by atoms with Crippen molar-refractivity contribution in [2.75, 3.05) is 5.32 Å². The van der Waals surface area contributed by atoms with Gasteiger partial charge in [0.1, 0.15) is 11.6 Å². The summed E-state index contributed by atoms with van der Waals surface area (Å²) in [7, 11) is 0. The Morgan fingerprint density at radius 3 is 2.85 bits per heavy atom. The smallest absolute Gasteiger partial charge is 0.266 e. The zero-order chi connectivity index (χ0) is 14.5. The molecule has 0 unspecified atom stereocenters. The molecular formula is C15H15ClN2O2. The van der Waals surface area contributed by atoms with Gasteiger partial charge in [-0.05, 0) is 49.7 Å². The average Bonchev–Trinajstić information content (AvgIpc) is 2.38. The van der Waals surface area contributed by atoms with Crippen molar-refractivity contribution in [3.63, 3.8) is 0 Å². The van der Waals surface area contributed by atoms with Gasteiger partial charge in [-0.1, -0.05) is 17.7 Å². The molecule has 1 atom stereocenters. The highest BCUT2D eigenvalue weighted by Gasteiger charge is 2.15. The van der Waals surface area contributed by atoms with Crippen LogP contribution in [0.15, 0.2) is 42.6 Å². The number of nitrogens with zero attached hydrogens (tertiary/aromatic N) is 1. The second kappa shape index (κ2) is 6.39. The summed E-state index contributed by atoms with van der Waals surface area (Å²) in [6.45, 7) is 3.61. The van der Waals surface area contributed by atoms with Crippen LogP contribution in [-0.2, 0) is 4.79 Å². The maximum Gasteiger partial charge on any atom is 0.266 e. The summed E-state index contributed by atoms with van der Waals surface area (Å²) < 4.78 is 5.54. The van der Waals surface area contributed by atoms with E-state index < -0.39 is 6.10 Å². The molecule has 20 heavy (non-hydrogen) atoms. The van der Waals surface area contributed by atoms with E-state index in [1.165, 1.54) is 0 Å². The second-order valence-corrected chi connectivity index (χ2v) is 4.86. The summed E-state index contributed by atoms with van der Waals surface area (Å²) in [5.41, 5.74) is 1.03. The molecule has 0 saturated heterocycles. The molecule has 1 aromatic heterocycles. The first-order chi connectivity index (χ1) is 9.54. The fourth-order valence-corrected chi connectivity index (χ4v) is 1.81. The number of nitrogens with one attached hydrogen (secondary N) is 1. The van der Waals surface area contributed by atoms with E-state index in [0.29, 0.717) is 16.6 Å². The van der Waals surface area contributed by atoms with Gasteiger partial charge in [0.2, 0.25) is 0 Å². The van der Waals surface area contributed by atoms with Crippen molar-refractivity contribution in [2.45, 2.75) is 20.0 Å². The third-order valence-corrected chi connectivity index (χ3v) is 2.88. The van der Waals surface area contributed by atoms with E-state index >= 15 is 0 Å². The van der Waals surface area contributed by atoms with Crippen molar-refractivity contribution in [2.24, 2.45) is 0 Å². The Kier molecular flexibility index (Phi) is 4.58. The fraction of sp³-hybridized carbons (Fsp3) is 0.200. The fourth-order valence-electron chi connectivity index (χ4n) is 1.63. The molecule has 0 bridgehead atoms. The zero-order valence-electron chi connectivity index (χ0n) is 11.3. The van der Waals surface area contributed by atoms with Crippen LogP contribution in [0.25, 0.3) is 0 Å². The van der Waals surface area contributed by atoms with Gasteiger partial charge in [-0.2, -0.15) is 0 Å². The minimum Gasteiger partial charge on any atom is -0.481 e. The van der Waals surface area contributed by atoms with E-state index in [1.54, 1.807) is 43.5 Å². The van der Waals surface area contributed by atoms with Gasteiger partial charge in [0.15, 0.2) is 6.10 Å². The SMILES string of the molecule is Cc1ccnc(NC(=O)[C@@H](C)Oc2cccc(Cl)c2)c1. The average molecular weight is 291 g/mol. The van der Waals surface area contributed by atoms with Gasteiger partial charge in [0.25, 0.3) is 5.91 Å². The number of anilines is 1. The Morgan fingerprint density at radius 1 is 1.35 bits per heavy atom. The number of pyridine rings is 1. The predicted octanol–water partition coefficient (Wildman–Crippen LogP) is 3.45. The Bertz CT molecular complexity index is 616. The van der Waals surface area contributed by atoms with Crippen LogP contribution >= 0.6 is 11.6 Å². The molecule has 5 heteroatoms. The van der Waals surface area contributed by atoms with Crippen LogP contribution < -0.4 is 10.1 Å². The Balaban J connectivity index is 1.98. The van der Waals surface area contributed by atoms with E-state index in [1.807, 2.05) is 13.0 Å². The van der Waals surface area contributed by atoms with Gasteiger partial charge < -0.3 is 10.1 Å². The number of aryl methyl sites for hydroxylation is 1. The minimum absolute atomic E-state index is 0.261. The van der Waals surface area contributed by atoms with Crippen LogP contribution in [0.3, 0.4) is 0 Å². The van der Waals surface area contributed by atoms with Crippen LogP contribution in [-0.4, -0.2) is 17.0 Å². The lowest BCUT2D eigenvalue weighted by Crippen LogP contribution is -2.30. The van der Waals surface area contributed by atoms with Gasteiger partial charge in [-0.25, -0.2) is 4.98 Å². The Labute approximate surface area is 122 Å². The third-order valence-electron chi connectivity index (χ3n) is 2.64. The number of hydrogen-bond donors (Lipinski definition) is 1. The molecule has 0 aliphatic carbocycles. The summed E-state index contributed by atoms with van der Waals surface area (Å²) in [5.74, 6) is 0.803. The Morgan fingerprint density at radius 2 is 2.15 bits per heavy atom. The van der Waals surface area contributed by atoms with E-state index in [0.717, 1.165) is 5.56 Å². The number of ether oxygens (including phenoxy) is 1. The highest BCUT2D eigenvalue weighted by molar-refractivity contribution is 6.30. The quantitative estimate of drug-likeness (QED) is 0.938. The first-order valence-corrected chi connectivity index (χ1v) is 6.58. The summed E-state index contributed by atoms with van der Waals surface area (Å²) in [6, 6.07) is 10.6. The first kappa shape index (κ1) is 14.3. The summed E-state index contributed by atoms with van der Waals surface area (Å²) >= 11 is 5.86. The van der Waals surface area contributed by atoms with Gasteiger partial charge in [-0.15, -0.1) is 0 Å². The van der Waals surface area contributed by atoms with Crippen LogP contribution in [0.5, 0.6) is 5.75 Å². The zero-order valence-corrected chi connectivity index (χ0v) is 12.0. The lowest BCUT2D eigenvalue weighted by atomic mass is 10.3. The molecule has 1 amide bonds. The standard InChI is InChI=1S/C15H15ClN2O2/c1-10-6-7-17-14(8-10)18-15(19)11(2)20-13-5-3-4-12(16)9-13/h3-9,11H,1-2H3,(H,17,18,19)/t11-/m1/s1. The number of hydrogen-bond acceptors (Lipinski definition) is 3. The highest BCUT2D eigenvalue weighted by Crippen LogP contribution is 2.18. The van der Waals surface area contributed by atoms with E-state index in [2.05, 4.69) is 10.3 Å². The lowest BCUT2D eigenvalue weighted by Gasteiger charge is -2.14. The summed E-state index contributed by atoms with van der Waals surface area (Å²) in [6.07, 6.45) is 1.00.